The number of nitrogens with zero attached hydrogens (tertiary/aromatic N) is 2. The van der Waals surface area contributed by atoms with E-state index in [1.807, 2.05) is 7.05 Å². The first kappa shape index (κ1) is 8.14. The molecular weight excluding hydrogens is 118 g/mol. The Hall–Kier alpha value is -0.860. The molecule has 0 rings (SSSR count). The van der Waals surface area contributed by atoms with E-state index in [0.29, 0.717) is 0 Å². The molecule has 4 heteroatoms. The standard InChI is InChI=1S/C5H11N3O/c1-6-3-4-8(2)7-5-9/h6H,3-4H2,1-2H3. The predicted octanol–water partition coefficient (Wildman–Crippen LogP) is -0.612. The molecule has 9 heavy (non-hydrogen) atoms. The highest BCUT2D eigenvalue weighted by Gasteiger charge is 1.87. The van der Waals surface area contributed by atoms with Gasteiger partial charge in [-0.2, -0.15) is 0 Å². The molecule has 0 spiro atoms. The van der Waals surface area contributed by atoms with E-state index in [1.54, 1.807) is 7.05 Å². The number of likely N-dealkylation sites (N-methyl/N-ethyl adjacent to an activating group) is 2. The molecule has 0 atom stereocenters. The van der Waals surface area contributed by atoms with Crippen molar-refractivity contribution >= 4 is 6.08 Å². The van der Waals surface area contributed by atoms with Crippen molar-refractivity contribution in [2.75, 3.05) is 27.2 Å². The van der Waals surface area contributed by atoms with Crippen LogP contribution in [0.15, 0.2) is 5.10 Å². The third-order valence-corrected chi connectivity index (χ3v) is 0.897. The van der Waals surface area contributed by atoms with Gasteiger partial charge in [0.25, 0.3) is 6.08 Å². The van der Waals surface area contributed by atoms with Crippen LogP contribution in [0.2, 0.25) is 0 Å². The largest absolute Gasteiger partial charge is 0.318 e. The molecule has 0 bridgehead atoms. The fourth-order valence-electron chi connectivity index (χ4n) is 0.393. The van der Waals surface area contributed by atoms with Gasteiger partial charge < -0.3 is 5.32 Å². The van der Waals surface area contributed by atoms with E-state index in [1.165, 1.54) is 11.1 Å². The van der Waals surface area contributed by atoms with Crippen LogP contribution in [-0.4, -0.2) is 38.3 Å². The molecule has 0 fully saturated rings. The van der Waals surface area contributed by atoms with Crippen LogP contribution in [0.25, 0.3) is 0 Å². The summed E-state index contributed by atoms with van der Waals surface area (Å²) >= 11 is 0. The Morgan fingerprint density at radius 1 is 1.78 bits per heavy atom. The Morgan fingerprint density at radius 3 is 2.89 bits per heavy atom. The zero-order valence-electron chi connectivity index (χ0n) is 5.72. The lowest BCUT2D eigenvalue weighted by atomic mass is 10.6. The summed E-state index contributed by atoms with van der Waals surface area (Å²) in [5.74, 6) is 0. The van der Waals surface area contributed by atoms with Crippen LogP contribution < -0.4 is 5.32 Å². The minimum atomic E-state index is 0.728. The van der Waals surface area contributed by atoms with Gasteiger partial charge in [0.2, 0.25) is 0 Å². The fourth-order valence-corrected chi connectivity index (χ4v) is 0.393. The topological polar surface area (TPSA) is 44.7 Å². The molecule has 0 saturated carbocycles. The second-order valence-corrected chi connectivity index (χ2v) is 1.68. The molecule has 0 aliphatic carbocycles. The third kappa shape index (κ3) is 5.00. The van der Waals surface area contributed by atoms with E-state index in [2.05, 4.69) is 10.4 Å². The van der Waals surface area contributed by atoms with Crippen molar-refractivity contribution < 1.29 is 4.79 Å². The zero-order chi connectivity index (χ0) is 7.11. The van der Waals surface area contributed by atoms with Gasteiger partial charge >= 0.3 is 0 Å². The predicted molar refractivity (Wildman–Crippen MR) is 34.7 cm³/mol. The minimum Gasteiger partial charge on any atom is -0.318 e. The summed E-state index contributed by atoms with van der Waals surface area (Å²) in [6.45, 7) is 1.55. The number of hydrogen-bond acceptors (Lipinski definition) is 4. The molecule has 4 nitrogen and oxygen atoms in total. The molecule has 0 aromatic rings. The Balaban J connectivity index is 3.26. The van der Waals surface area contributed by atoms with Gasteiger partial charge in [-0.25, -0.2) is 4.79 Å². The summed E-state index contributed by atoms with van der Waals surface area (Å²) in [4.78, 5) is 9.62. The van der Waals surface area contributed by atoms with Gasteiger partial charge in [0.05, 0.1) is 0 Å². The highest BCUT2D eigenvalue weighted by molar-refractivity contribution is 5.32. The van der Waals surface area contributed by atoms with Crippen molar-refractivity contribution in [2.45, 2.75) is 0 Å². The quantitative estimate of drug-likeness (QED) is 0.313. The molecule has 52 valence electrons. The zero-order valence-corrected chi connectivity index (χ0v) is 5.72. The van der Waals surface area contributed by atoms with E-state index >= 15 is 0 Å². The van der Waals surface area contributed by atoms with Gasteiger partial charge in [-0.3, -0.25) is 5.01 Å². The van der Waals surface area contributed by atoms with E-state index < -0.39 is 0 Å². The summed E-state index contributed by atoms with van der Waals surface area (Å²) in [6, 6.07) is 0. The van der Waals surface area contributed by atoms with E-state index in [9.17, 15) is 4.79 Å². The molecule has 0 saturated heterocycles. The normalized spacial score (nSPS) is 8.22. The monoisotopic (exact) mass is 129 g/mol. The van der Waals surface area contributed by atoms with Crippen LogP contribution >= 0.6 is 0 Å². The van der Waals surface area contributed by atoms with E-state index in [4.69, 9.17) is 0 Å². The number of rotatable bonds is 4. The number of hydrogen-bond donors (Lipinski definition) is 1. The number of hydrazone groups is 1. The summed E-state index contributed by atoms with van der Waals surface area (Å²) < 4.78 is 0. The van der Waals surface area contributed by atoms with Gasteiger partial charge in [0.15, 0.2) is 0 Å². The van der Waals surface area contributed by atoms with Gasteiger partial charge in [0.1, 0.15) is 0 Å². The summed E-state index contributed by atoms with van der Waals surface area (Å²) in [5, 5.41) is 7.81. The van der Waals surface area contributed by atoms with Crippen LogP contribution in [0.1, 0.15) is 0 Å². The molecule has 0 aliphatic heterocycles. The maximum Gasteiger partial charge on any atom is 0.258 e. The molecule has 0 radical (unpaired) electrons. The lowest BCUT2D eigenvalue weighted by Crippen LogP contribution is -2.22. The van der Waals surface area contributed by atoms with Gasteiger partial charge in [-0.1, -0.05) is 5.10 Å². The first-order chi connectivity index (χ1) is 4.31. The average molecular weight is 129 g/mol. The van der Waals surface area contributed by atoms with Crippen LogP contribution in [0.5, 0.6) is 0 Å². The van der Waals surface area contributed by atoms with Crippen molar-refractivity contribution in [3.05, 3.63) is 0 Å². The smallest absolute Gasteiger partial charge is 0.258 e. The first-order valence-electron chi connectivity index (χ1n) is 2.74. The van der Waals surface area contributed by atoms with Crippen molar-refractivity contribution in [3.63, 3.8) is 0 Å². The molecule has 1 N–H and O–H groups in total. The van der Waals surface area contributed by atoms with E-state index in [0.717, 1.165) is 13.1 Å². The van der Waals surface area contributed by atoms with Crippen LogP contribution in [0.3, 0.4) is 0 Å². The fraction of sp³-hybridized carbons (Fsp3) is 0.800. The molecule has 0 aromatic carbocycles. The maximum atomic E-state index is 9.62. The molecule has 0 amide bonds. The molecule has 0 aliphatic rings. The van der Waals surface area contributed by atoms with Crippen LogP contribution in [0.4, 0.5) is 0 Å². The van der Waals surface area contributed by atoms with Crippen molar-refractivity contribution in [2.24, 2.45) is 5.10 Å². The summed E-state index contributed by atoms with van der Waals surface area (Å²) in [6.07, 6.45) is 1.45. The van der Waals surface area contributed by atoms with Crippen molar-refractivity contribution in [1.82, 2.24) is 10.3 Å². The van der Waals surface area contributed by atoms with E-state index in [-0.39, 0.29) is 0 Å². The van der Waals surface area contributed by atoms with Crippen LogP contribution in [-0.2, 0) is 4.79 Å². The SMILES string of the molecule is CNCCN(C)N=C=O. The summed E-state index contributed by atoms with van der Waals surface area (Å²) in [5.41, 5.74) is 0. The summed E-state index contributed by atoms with van der Waals surface area (Å²) in [7, 11) is 3.57. The Labute approximate surface area is 54.5 Å². The highest BCUT2D eigenvalue weighted by atomic mass is 16.1. The van der Waals surface area contributed by atoms with Gasteiger partial charge in [-0.15, -0.1) is 0 Å². The lowest BCUT2D eigenvalue weighted by molar-refractivity contribution is 0.351. The Morgan fingerprint density at radius 2 is 2.44 bits per heavy atom. The van der Waals surface area contributed by atoms with Gasteiger partial charge in [0, 0.05) is 20.1 Å². The second kappa shape index (κ2) is 5.28. The number of carbonyl (C=O) groups excluding carboxylic acids is 1. The van der Waals surface area contributed by atoms with Gasteiger partial charge in [-0.05, 0) is 7.05 Å². The molecule has 0 heterocycles. The van der Waals surface area contributed by atoms with Crippen molar-refractivity contribution in [1.29, 1.82) is 0 Å². The Kier molecular flexibility index (Phi) is 4.78. The number of nitrogens with one attached hydrogen (secondary N) is 1. The minimum absolute atomic E-state index is 0.728. The molecule has 0 aromatic heterocycles. The molecular formula is C5H11N3O. The lowest BCUT2D eigenvalue weighted by Gasteiger charge is -2.07. The van der Waals surface area contributed by atoms with Crippen LogP contribution in [0, 0.1) is 0 Å². The molecule has 0 unspecified atom stereocenters. The highest BCUT2D eigenvalue weighted by Crippen LogP contribution is 1.76. The van der Waals surface area contributed by atoms with Crippen molar-refractivity contribution in [3.8, 4) is 0 Å². The Bertz CT molecular complexity index is 109. The number of isocyanates is 1. The maximum absolute atomic E-state index is 9.62. The average Bonchev–Trinajstić information content (AvgIpc) is 1.85. The third-order valence-electron chi connectivity index (χ3n) is 0.897. The second-order valence-electron chi connectivity index (χ2n) is 1.68. The first-order valence-corrected chi connectivity index (χ1v) is 2.74.